The minimum Gasteiger partial charge on any atom is -0.461 e. The lowest BCUT2D eigenvalue weighted by Crippen LogP contribution is -2.13. The SMILES string of the molecule is C=CC/C=C/C(=O)OCCS(=O)(=O)O. The van der Waals surface area contributed by atoms with E-state index in [0.717, 1.165) is 0 Å². The molecule has 14 heavy (non-hydrogen) atoms. The van der Waals surface area contributed by atoms with Crippen molar-refractivity contribution < 1.29 is 22.5 Å². The molecular formula is C8H12O5S. The van der Waals surface area contributed by atoms with Crippen molar-refractivity contribution in [2.24, 2.45) is 0 Å². The van der Waals surface area contributed by atoms with Gasteiger partial charge in [0, 0.05) is 6.08 Å². The van der Waals surface area contributed by atoms with E-state index < -0.39 is 21.8 Å². The van der Waals surface area contributed by atoms with Crippen molar-refractivity contribution in [3.63, 3.8) is 0 Å². The van der Waals surface area contributed by atoms with Gasteiger partial charge in [-0.25, -0.2) is 4.79 Å². The lowest BCUT2D eigenvalue weighted by molar-refractivity contribution is -0.137. The van der Waals surface area contributed by atoms with Crippen LogP contribution in [0.2, 0.25) is 0 Å². The molecule has 6 heteroatoms. The largest absolute Gasteiger partial charge is 0.461 e. The quantitative estimate of drug-likeness (QED) is 0.306. The number of allylic oxidation sites excluding steroid dienone is 2. The van der Waals surface area contributed by atoms with Crippen LogP contribution in [0.4, 0.5) is 0 Å². The van der Waals surface area contributed by atoms with Gasteiger partial charge in [-0.1, -0.05) is 12.2 Å². The maximum atomic E-state index is 10.8. The van der Waals surface area contributed by atoms with Crippen molar-refractivity contribution in [1.29, 1.82) is 0 Å². The van der Waals surface area contributed by atoms with Crippen molar-refractivity contribution in [1.82, 2.24) is 0 Å². The highest BCUT2D eigenvalue weighted by atomic mass is 32.2. The first-order valence-electron chi connectivity index (χ1n) is 3.85. The second-order valence-corrected chi connectivity index (χ2v) is 3.95. The standard InChI is InChI=1S/C8H12O5S/c1-2-3-4-5-8(9)13-6-7-14(10,11)12/h2,4-5H,1,3,6-7H2,(H,10,11,12)/b5-4+. The molecular weight excluding hydrogens is 208 g/mol. The number of carbonyl (C=O) groups excluding carboxylic acids is 1. The molecule has 0 aliphatic heterocycles. The molecule has 0 fully saturated rings. The third-order valence-corrected chi connectivity index (χ3v) is 1.82. The van der Waals surface area contributed by atoms with Gasteiger partial charge in [-0.05, 0) is 6.42 Å². The van der Waals surface area contributed by atoms with Gasteiger partial charge < -0.3 is 4.74 Å². The Kier molecular flexibility index (Phi) is 5.82. The summed E-state index contributed by atoms with van der Waals surface area (Å²) >= 11 is 0. The van der Waals surface area contributed by atoms with Crippen LogP contribution in [0.5, 0.6) is 0 Å². The fraction of sp³-hybridized carbons (Fsp3) is 0.375. The fourth-order valence-corrected chi connectivity index (χ4v) is 0.850. The summed E-state index contributed by atoms with van der Waals surface area (Å²) in [5, 5.41) is 0. The molecule has 0 bridgehead atoms. The van der Waals surface area contributed by atoms with Crippen LogP contribution in [-0.4, -0.2) is 31.3 Å². The smallest absolute Gasteiger partial charge is 0.330 e. The predicted octanol–water partition coefficient (Wildman–Crippen LogP) is 0.550. The van der Waals surface area contributed by atoms with Crippen LogP contribution in [0.1, 0.15) is 6.42 Å². The van der Waals surface area contributed by atoms with Gasteiger partial charge in [0.1, 0.15) is 12.4 Å². The molecule has 0 aliphatic carbocycles. The first-order chi connectivity index (χ1) is 6.45. The van der Waals surface area contributed by atoms with Gasteiger partial charge in [-0.15, -0.1) is 6.58 Å². The number of carbonyl (C=O) groups is 1. The third-order valence-electron chi connectivity index (χ3n) is 1.14. The summed E-state index contributed by atoms with van der Waals surface area (Å²) in [5.41, 5.74) is 0. The maximum absolute atomic E-state index is 10.8. The molecule has 0 aromatic rings. The van der Waals surface area contributed by atoms with E-state index >= 15 is 0 Å². The molecule has 80 valence electrons. The Morgan fingerprint density at radius 2 is 2.14 bits per heavy atom. The van der Waals surface area contributed by atoms with Gasteiger partial charge in [0.2, 0.25) is 0 Å². The average Bonchev–Trinajstić information content (AvgIpc) is 2.02. The molecule has 0 aromatic heterocycles. The molecule has 0 atom stereocenters. The minimum absolute atomic E-state index is 0.351. The van der Waals surface area contributed by atoms with Gasteiger partial charge in [0.05, 0.1) is 0 Å². The van der Waals surface area contributed by atoms with Crippen molar-refractivity contribution in [3.05, 3.63) is 24.8 Å². The first-order valence-corrected chi connectivity index (χ1v) is 5.46. The van der Waals surface area contributed by atoms with E-state index in [4.69, 9.17) is 4.55 Å². The lowest BCUT2D eigenvalue weighted by Gasteiger charge is -1.98. The number of hydrogen-bond donors (Lipinski definition) is 1. The number of rotatable bonds is 6. The summed E-state index contributed by atoms with van der Waals surface area (Å²) in [5.74, 6) is -1.23. The molecule has 0 amide bonds. The normalized spacial score (nSPS) is 11.5. The molecule has 0 rings (SSSR count). The second-order valence-electron chi connectivity index (χ2n) is 2.38. The zero-order chi connectivity index (χ0) is 11.0. The van der Waals surface area contributed by atoms with Gasteiger partial charge in [-0.3, -0.25) is 4.55 Å². The molecule has 0 spiro atoms. The molecule has 5 nitrogen and oxygen atoms in total. The van der Waals surface area contributed by atoms with Gasteiger partial charge in [0.15, 0.2) is 0 Å². The molecule has 0 radical (unpaired) electrons. The molecule has 0 unspecified atom stereocenters. The first kappa shape index (κ1) is 12.9. The van der Waals surface area contributed by atoms with Crippen LogP contribution >= 0.6 is 0 Å². The van der Waals surface area contributed by atoms with Crippen molar-refractivity contribution in [3.8, 4) is 0 Å². The lowest BCUT2D eigenvalue weighted by atomic mass is 10.4. The summed E-state index contributed by atoms with van der Waals surface area (Å²) in [6.07, 6.45) is 4.84. The summed E-state index contributed by atoms with van der Waals surface area (Å²) in [4.78, 5) is 10.8. The Morgan fingerprint density at radius 1 is 1.50 bits per heavy atom. The van der Waals surface area contributed by atoms with E-state index in [2.05, 4.69) is 11.3 Å². The topological polar surface area (TPSA) is 80.7 Å². The predicted molar refractivity (Wildman–Crippen MR) is 51.3 cm³/mol. The number of ether oxygens (including phenoxy) is 1. The zero-order valence-electron chi connectivity index (χ0n) is 7.55. The van der Waals surface area contributed by atoms with E-state index in [1.807, 2.05) is 0 Å². The van der Waals surface area contributed by atoms with E-state index in [-0.39, 0.29) is 6.61 Å². The average molecular weight is 220 g/mol. The fourth-order valence-electron chi connectivity index (χ4n) is 0.556. The van der Waals surface area contributed by atoms with Gasteiger partial charge in [-0.2, -0.15) is 8.42 Å². The van der Waals surface area contributed by atoms with Gasteiger partial charge >= 0.3 is 5.97 Å². The number of esters is 1. The Labute approximate surface area is 82.8 Å². The third kappa shape index (κ3) is 8.95. The van der Waals surface area contributed by atoms with E-state index in [9.17, 15) is 13.2 Å². The minimum atomic E-state index is -4.06. The van der Waals surface area contributed by atoms with Crippen molar-refractivity contribution >= 4 is 16.1 Å². The molecule has 0 saturated carbocycles. The van der Waals surface area contributed by atoms with Crippen LogP contribution in [0.25, 0.3) is 0 Å². The highest BCUT2D eigenvalue weighted by molar-refractivity contribution is 7.85. The molecule has 0 saturated heterocycles. The summed E-state index contributed by atoms with van der Waals surface area (Å²) in [6, 6.07) is 0. The Hall–Kier alpha value is -1.14. The van der Waals surface area contributed by atoms with Crippen LogP contribution < -0.4 is 0 Å². The molecule has 0 heterocycles. The highest BCUT2D eigenvalue weighted by Crippen LogP contribution is 1.88. The van der Waals surface area contributed by atoms with E-state index in [1.165, 1.54) is 12.2 Å². The monoisotopic (exact) mass is 220 g/mol. The van der Waals surface area contributed by atoms with Crippen LogP contribution in [0, 0.1) is 0 Å². The Balaban J connectivity index is 3.70. The van der Waals surface area contributed by atoms with Gasteiger partial charge in [0.25, 0.3) is 10.1 Å². The summed E-state index contributed by atoms with van der Waals surface area (Å²) < 4.78 is 33.2. The molecule has 0 aliphatic rings. The highest BCUT2D eigenvalue weighted by Gasteiger charge is 2.05. The summed E-state index contributed by atoms with van der Waals surface area (Å²) in [7, 11) is -4.06. The van der Waals surface area contributed by atoms with Crippen molar-refractivity contribution in [2.45, 2.75) is 6.42 Å². The summed E-state index contributed by atoms with van der Waals surface area (Å²) in [6.45, 7) is 3.09. The Morgan fingerprint density at radius 3 is 2.64 bits per heavy atom. The Bertz CT molecular complexity index is 315. The van der Waals surface area contributed by atoms with Crippen molar-refractivity contribution in [2.75, 3.05) is 12.4 Å². The zero-order valence-corrected chi connectivity index (χ0v) is 8.37. The molecule has 0 aromatic carbocycles. The van der Waals surface area contributed by atoms with E-state index in [0.29, 0.717) is 6.42 Å². The van der Waals surface area contributed by atoms with E-state index in [1.54, 1.807) is 6.08 Å². The maximum Gasteiger partial charge on any atom is 0.330 e. The number of hydrogen-bond acceptors (Lipinski definition) is 4. The van der Waals surface area contributed by atoms with Crippen LogP contribution in [-0.2, 0) is 19.6 Å². The van der Waals surface area contributed by atoms with Crippen LogP contribution in [0.15, 0.2) is 24.8 Å². The second kappa shape index (κ2) is 6.33. The molecule has 1 N–H and O–H groups in total. The van der Waals surface area contributed by atoms with Crippen LogP contribution in [0.3, 0.4) is 0 Å².